The van der Waals surface area contributed by atoms with Crippen LogP contribution in [-0.2, 0) is 34.3 Å². The molecule has 0 spiro atoms. The number of benzene rings is 1. The summed E-state index contributed by atoms with van der Waals surface area (Å²) in [7, 11) is -1.66. The van der Waals surface area contributed by atoms with Crippen molar-refractivity contribution >= 4 is 19.5 Å². The van der Waals surface area contributed by atoms with E-state index in [1.54, 1.807) is 0 Å². The fourth-order valence-corrected chi connectivity index (χ4v) is 2.20. The van der Waals surface area contributed by atoms with E-state index < -0.39 is 24.8 Å². The molecule has 1 aromatic rings. The Bertz CT molecular complexity index is 607. The fraction of sp³-hybridized carbons (Fsp3) is 0.308. The Morgan fingerprint density at radius 3 is 2.35 bits per heavy atom. The molecule has 23 heavy (non-hydrogen) atoms. The van der Waals surface area contributed by atoms with E-state index in [-0.39, 0.29) is 12.3 Å². The van der Waals surface area contributed by atoms with Gasteiger partial charge in [-0.05, 0) is 17.7 Å². The minimum Gasteiger partial charge on any atom is -0.459 e. The van der Waals surface area contributed by atoms with Crippen LogP contribution < -0.4 is 0 Å². The first kappa shape index (κ1) is 19.0. The molecule has 1 unspecified atom stereocenters. The van der Waals surface area contributed by atoms with Crippen LogP contribution >= 0.6 is 7.82 Å². The van der Waals surface area contributed by atoms with Gasteiger partial charge in [-0.25, -0.2) is 9.36 Å². The first-order chi connectivity index (χ1) is 10.8. The molecule has 1 rings (SSSR count). The van der Waals surface area contributed by atoms with Crippen LogP contribution in [0.5, 0.6) is 0 Å². The second-order valence-electron chi connectivity index (χ2n) is 4.11. The molecule has 0 aliphatic rings. The monoisotopic (exact) mass is 345 g/mol. The molecule has 9 nitrogen and oxygen atoms in total. The molecule has 0 heterocycles. The number of nitro benzene ring substituents is 1. The van der Waals surface area contributed by atoms with Gasteiger partial charge in [-0.1, -0.05) is 12.7 Å². The Morgan fingerprint density at radius 1 is 1.35 bits per heavy atom. The number of hydrogen-bond acceptors (Lipinski definition) is 8. The molecule has 0 aromatic heterocycles. The number of ether oxygens (including phenoxy) is 1. The standard InChI is InChI=1S/C13H16NO8P/c1-4-12(22-23(18,19-2)20-3)13(15)21-9-10-5-7-11(8-6-10)14(16)17/h4-8,12H,1,9H2,2-3H3. The Hall–Kier alpha value is -2.06. The molecule has 0 aliphatic carbocycles. The minimum absolute atomic E-state index is 0.0755. The van der Waals surface area contributed by atoms with E-state index >= 15 is 0 Å². The van der Waals surface area contributed by atoms with Gasteiger partial charge in [0, 0.05) is 26.4 Å². The summed E-state index contributed by atoms with van der Waals surface area (Å²) in [5, 5.41) is 10.5. The second kappa shape index (κ2) is 8.54. The lowest BCUT2D eigenvalue weighted by molar-refractivity contribution is -0.384. The van der Waals surface area contributed by atoms with Crippen molar-refractivity contribution in [1.82, 2.24) is 0 Å². The summed E-state index contributed by atoms with van der Waals surface area (Å²) in [6, 6.07) is 5.47. The highest BCUT2D eigenvalue weighted by molar-refractivity contribution is 7.48. The lowest BCUT2D eigenvalue weighted by Crippen LogP contribution is -2.23. The Balaban J connectivity index is 2.65. The number of carbonyl (C=O) groups is 1. The average molecular weight is 345 g/mol. The lowest BCUT2D eigenvalue weighted by atomic mass is 10.2. The number of non-ortho nitro benzene ring substituents is 1. The predicted octanol–water partition coefficient (Wildman–Crippen LogP) is 2.61. The van der Waals surface area contributed by atoms with Gasteiger partial charge in [-0.2, -0.15) is 0 Å². The average Bonchev–Trinajstić information content (AvgIpc) is 2.57. The number of hydrogen-bond donors (Lipinski definition) is 0. The molecule has 1 aromatic carbocycles. The molecule has 0 saturated carbocycles. The highest BCUT2D eigenvalue weighted by atomic mass is 31.2. The van der Waals surface area contributed by atoms with Gasteiger partial charge in [0.25, 0.3) is 5.69 Å². The lowest BCUT2D eigenvalue weighted by Gasteiger charge is -2.18. The summed E-state index contributed by atoms with van der Waals surface area (Å²) in [6.07, 6.45) is -0.262. The highest BCUT2D eigenvalue weighted by Crippen LogP contribution is 2.48. The van der Waals surface area contributed by atoms with E-state index in [2.05, 4.69) is 15.6 Å². The van der Waals surface area contributed by atoms with Gasteiger partial charge in [0.1, 0.15) is 6.61 Å². The molecule has 0 amide bonds. The Kier molecular flexibility index (Phi) is 7.05. The van der Waals surface area contributed by atoms with Gasteiger partial charge in [-0.3, -0.25) is 23.7 Å². The third-order valence-electron chi connectivity index (χ3n) is 2.66. The third-order valence-corrected chi connectivity index (χ3v) is 4.04. The van der Waals surface area contributed by atoms with Crippen molar-refractivity contribution < 1.29 is 32.6 Å². The number of esters is 1. The molecule has 0 fully saturated rings. The fourth-order valence-electron chi connectivity index (χ4n) is 1.43. The van der Waals surface area contributed by atoms with E-state index in [1.165, 1.54) is 24.3 Å². The molecule has 0 radical (unpaired) electrons. The van der Waals surface area contributed by atoms with Crippen molar-refractivity contribution in [1.29, 1.82) is 0 Å². The van der Waals surface area contributed by atoms with Crippen LogP contribution in [0.25, 0.3) is 0 Å². The molecule has 0 bridgehead atoms. The minimum atomic E-state index is -3.87. The van der Waals surface area contributed by atoms with Crippen molar-refractivity contribution in [3.8, 4) is 0 Å². The Morgan fingerprint density at radius 2 is 1.91 bits per heavy atom. The molecule has 0 saturated heterocycles. The number of nitrogens with zero attached hydrogens (tertiary/aromatic N) is 1. The van der Waals surface area contributed by atoms with Crippen LogP contribution in [0.1, 0.15) is 5.56 Å². The van der Waals surface area contributed by atoms with E-state index in [1.807, 2.05) is 0 Å². The zero-order chi connectivity index (χ0) is 17.5. The zero-order valence-corrected chi connectivity index (χ0v) is 13.4. The number of rotatable bonds is 9. The largest absolute Gasteiger partial charge is 0.475 e. The third kappa shape index (κ3) is 5.57. The van der Waals surface area contributed by atoms with Crippen molar-refractivity contribution in [3.63, 3.8) is 0 Å². The topological polar surface area (TPSA) is 114 Å². The number of nitro groups is 1. The summed E-state index contributed by atoms with van der Waals surface area (Å²) in [5.41, 5.74) is 0.460. The summed E-state index contributed by atoms with van der Waals surface area (Å²) in [5.74, 6) is -0.854. The first-order valence-electron chi connectivity index (χ1n) is 6.27. The number of phosphoric acid groups is 1. The van der Waals surface area contributed by atoms with E-state index in [0.29, 0.717) is 5.56 Å². The summed E-state index contributed by atoms with van der Waals surface area (Å²) in [6.45, 7) is 3.24. The number of carbonyl (C=O) groups excluding carboxylic acids is 1. The van der Waals surface area contributed by atoms with E-state index in [0.717, 1.165) is 20.3 Å². The quantitative estimate of drug-likeness (QED) is 0.221. The number of phosphoric ester groups is 1. The first-order valence-corrected chi connectivity index (χ1v) is 7.73. The van der Waals surface area contributed by atoms with Crippen LogP contribution in [0.4, 0.5) is 5.69 Å². The maximum atomic E-state index is 11.9. The van der Waals surface area contributed by atoms with Gasteiger partial charge < -0.3 is 4.74 Å². The van der Waals surface area contributed by atoms with Gasteiger partial charge in [0.15, 0.2) is 6.10 Å². The maximum Gasteiger partial charge on any atom is 0.475 e. The van der Waals surface area contributed by atoms with Crippen LogP contribution in [0, 0.1) is 10.1 Å². The van der Waals surface area contributed by atoms with E-state index in [9.17, 15) is 19.5 Å². The smallest absolute Gasteiger partial charge is 0.459 e. The maximum absolute atomic E-state index is 11.9. The molecular weight excluding hydrogens is 329 g/mol. The zero-order valence-electron chi connectivity index (χ0n) is 12.5. The summed E-state index contributed by atoms with van der Waals surface area (Å²) in [4.78, 5) is 21.9. The van der Waals surface area contributed by atoms with Gasteiger partial charge in [-0.15, -0.1) is 0 Å². The summed E-state index contributed by atoms with van der Waals surface area (Å²) < 4.78 is 30.8. The second-order valence-corrected chi connectivity index (χ2v) is 5.94. The predicted molar refractivity (Wildman–Crippen MR) is 79.6 cm³/mol. The normalized spacial score (nSPS) is 12.4. The van der Waals surface area contributed by atoms with Gasteiger partial charge in [0.05, 0.1) is 4.92 Å². The molecule has 0 N–H and O–H groups in total. The molecular formula is C13H16NO8P. The van der Waals surface area contributed by atoms with Crippen molar-refractivity contribution in [3.05, 3.63) is 52.6 Å². The Labute approximate surface area is 132 Å². The van der Waals surface area contributed by atoms with E-state index in [4.69, 9.17) is 9.26 Å². The SMILES string of the molecule is C=CC(OP(=O)(OC)OC)C(=O)OCc1ccc([N+](=O)[O-])cc1. The molecule has 0 aliphatic heterocycles. The van der Waals surface area contributed by atoms with Gasteiger partial charge >= 0.3 is 13.8 Å². The van der Waals surface area contributed by atoms with Crippen molar-refractivity contribution in [2.24, 2.45) is 0 Å². The van der Waals surface area contributed by atoms with Crippen LogP contribution in [0.3, 0.4) is 0 Å². The van der Waals surface area contributed by atoms with Crippen LogP contribution in [-0.4, -0.2) is 31.2 Å². The van der Waals surface area contributed by atoms with Crippen molar-refractivity contribution in [2.45, 2.75) is 12.7 Å². The van der Waals surface area contributed by atoms with Crippen LogP contribution in [0.2, 0.25) is 0 Å². The molecule has 126 valence electrons. The van der Waals surface area contributed by atoms with Crippen LogP contribution in [0.15, 0.2) is 36.9 Å². The van der Waals surface area contributed by atoms with Crippen molar-refractivity contribution in [2.75, 3.05) is 14.2 Å². The summed E-state index contributed by atoms with van der Waals surface area (Å²) >= 11 is 0. The van der Waals surface area contributed by atoms with Gasteiger partial charge in [0.2, 0.25) is 0 Å². The highest BCUT2D eigenvalue weighted by Gasteiger charge is 2.31. The molecule has 10 heteroatoms. The molecule has 1 atom stereocenters.